The Morgan fingerprint density at radius 3 is 1.71 bits per heavy atom. The van der Waals surface area contributed by atoms with Gasteiger partial charge < -0.3 is 10.2 Å². The molecule has 3 heterocycles. The van der Waals surface area contributed by atoms with Crippen LogP contribution < -0.4 is 0 Å². The zero-order valence-electron chi connectivity index (χ0n) is 23.9. The van der Waals surface area contributed by atoms with Gasteiger partial charge in [-0.2, -0.15) is 0 Å². The Morgan fingerprint density at radius 2 is 1.12 bits per heavy atom. The number of benzene rings is 4. The normalized spacial score (nSPS) is 14.8. The van der Waals surface area contributed by atoms with Gasteiger partial charge in [-0.15, -0.1) is 5.10 Å². The van der Waals surface area contributed by atoms with Gasteiger partial charge >= 0.3 is 0 Å². The van der Waals surface area contributed by atoms with Crippen LogP contribution in [0.1, 0.15) is 50.3 Å². The molecule has 0 unspecified atom stereocenters. The Bertz CT molecular complexity index is 1810. The molecular weight excluding hydrogens is 522 g/mol. The molecule has 7 nitrogen and oxygen atoms in total. The highest BCUT2D eigenvalue weighted by Crippen LogP contribution is 2.47. The second-order valence-electron chi connectivity index (χ2n) is 11.8. The number of phenols is 2. The summed E-state index contributed by atoms with van der Waals surface area (Å²) in [7, 11) is 0. The number of hydrogen-bond donors (Lipinski definition) is 2. The standard InChI is InChI=1S/C35H31N5O2/c1-34(2)26-19-11-17-24(29(26)41)25-18-12-20-27(30(25)42)35(3,4)33-37-32(40(38-33)23-15-9-6-10-16-23)31-36-28(34)21-39(31)22-13-7-5-8-14-22/h5-21,41-42H,1-4H3. The first-order valence-corrected chi connectivity index (χ1v) is 14.0. The predicted molar refractivity (Wildman–Crippen MR) is 163 cm³/mol. The summed E-state index contributed by atoms with van der Waals surface area (Å²) in [5, 5.41) is 28.5. The van der Waals surface area contributed by atoms with Crippen molar-refractivity contribution in [3.05, 3.63) is 126 Å². The average molecular weight is 554 g/mol. The van der Waals surface area contributed by atoms with Gasteiger partial charge in [0.1, 0.15) is 11.5 Å². The topological polar surface area (TPSA) is 89.0 Å². The molecule has 0 atom stereocenters. The second-order valence-corrected chi connectivity index (χ2v) is 11.8. The maximum absolute atomic E-state index is 11.7. The number of para-hydroxylation sites is 4. The lowest BCUT2D eigenvalue weighted by atomic mass is 9.78. The summed E-state index contributed by atoms with van der Waals surface area (Å²) in [5.74, 6) is 1.93. The van der Waals surface area contributed by atoms with Crippen LogP contribution in [0.3, 0.4) is 0 Å². The molecule has 7 heteroatoms. The van der Waals surface area contributed by atoms with E-state index < -0.39 is 10.8 Å². The second kappa shape index (κ2) is 9.17. The molecule has 0 spiro atoms. The van der Waals surface area contributed by atoms with Gasteiger partial charge in [0.2, 0.25) is 0 Å². The maximum atomic E-state index is 11.7. The van der Waals surface area contributed by atoms with Crippen molar-refractivity contribution in [3.8, 4) is 45.6 Å². The molecule has 0 saturated carbocycles. The molecule has 2 aromatic heterocycles. The summed E-state index contributed by atoms with van der Waals surface area (Å²) < 4.78 is 3.86. The van der Waals surface area contributed by atoms with E-state index >= 15 is 0 Å². The van der Waals surface area contributed by atoms with Crippen molar-refractivity contribution in [3.63, 3.8) is 0 Å². The van der Waals surface area contributed by atoms with E-state index in [-0.39, 0.29) is 11.5 Å². The number of imidazole rings is 1. The van der Waals surface area contributed by atoms with Crippen LogP contribution in [0.5, 0.6) is 11.5 Å². The van der Waals surface area contributed by atoms with Gasteiger partial charge in [0.15, 0.2) is 17.5 Å². The van der Waals surface area contributed by atoms with Crippen LogP contribution in [0.25, 0.3) is 34.2 Å². The quantitative estimate of drug-likeness (QED) is 0.237. The van der Waals surface area contributed by atoms with Gasteiger partial charge in [0, 0.05) is 39.6 Å². The summed E-state index contributed by atoms with van der Waals surface area (Å²) >= 11 is 0. The third kappa shape index (κ3) is 3.77. The van der Waals surface area contributed by atoms with Gasteiger partial charge in [0.05, 0.1) is 16.8 Å². The molecule has 4 aromatic carbocycles. The van der Waals surface area contributed by atoms with Gasteiger partial charge in [0.25, 0.3) is 0 Å². The van der Waals surface area contributed by atoms with Crippen LogP contribution in [0.4, 0.5) is 0 Å². The molecule has 8 bridgehead atoms. The highest BCUT2D eigenvalue weighted by molar-refractivity contribution is 5.79. The monoisotopic (exact) mass is 553 g/mol. The molecule has 42 heavy (non-hydrogen) atoms. The van der Waals surface area contributed by atoms with Crippen molar-refractivity contribution in [2.75, 3.05) is 0 Å². The van der Waals surface area contributed by atoms with Crippen molar-refractivity contribution in [1.82, 2.24) is 24.3 Å². The number of aromatic nitrogens is 5. The Morgan fingerprint density at radius 1 is 0.571 bits per heavy atom. The van der Waals surface area contributed by atoms with E-state index in [9.17, 15) is 10.2 Å². The van der Waals surface area contributed by atoms with Crippen molar-refractivity contribution >= 4 is 0 Å². The Balaban J connectivity index is 1.63. The Kier molecular flexibility index (Phi) is 5.63. The van der Waals surface area contributed by atoms with Gasteiger partial charge in [-0.3, -0.25) is 4.57 Å². The molecule has 2 N–H and O–H groups in total. The first-order chi connectivity index (χ1) is 20.2. The molecule has 0 amide bonds. The van der Waals surface area contributed by atoms with E-state index in [1.807, 2.05) is 140 Å². The van der Waals surface area contributed by atoms with E-state index in [4.69, 9.17) is 15.1 Å². The van der Waals surface area contributed by atoms with Gasteiger partial charge in [-0.25, -0.2) is 14.6 Å². The molecule has 208 valence electrons. The fraction of sp³-hybridized carbons (Fsp3) is 0.171. The fourth-order valence-electron chi connectivity index (χ4n) is 5.88. The molecule has 7 rings (SSSR count). The summed E-state index contributed by atoms with van der Waals surface area (Å²) in [5.41, 5.74) is 3.50. The number of aromatic hydroxyl groups is 2. The Labute approximate surface area is 244 Å². The van der Waals surface area contributed by atoms with Crippen molar-refractivity contribution in [2.45, 2.75) is 38.5 Å². The molecular formula is C35H31N5O2. The number of rotatable bonds is 2. The third-order valence-electron chi connectivity index (χ3n) is 8.46. The largest absolute Gasteiger partial charge is 0.507 e. The summed E-state index contributed by atoms with van der Waals surface area (Å²) in [6.07, 6.45) is 2.02. The molecule has 1 aliphatic heterocycles. The minimum absolute atomic E-state index is 0.0906. The lowest BCUT2D eigenvalue weighted by molar-refractivity contribution is 0.444. The highest BCUT2D eigenvalue weighted by Gasteiger charge is 2.37. The maximum Gasteiger partial charge on any atom is 0.199 e. The fourth-order valence-corrected chi connectivity index (χ4v) is 5.88. The number of hydrogen-bond acceptors (Lipinski definition) is 5. The van der Waals surface area contributed by atoms with Crippen LogP contribution in [0, 0.1) is 0 Å². The van der Waals surface area contributed by atoms with Crippen molar-refractivity contribution in [2.24, 2.45) is 0 Å². The minimum Gasteiger partial charge on any atom is -0.507 e. The number of phenolic OH excluding ortho intramolecular Hbond substituents is 2. The SMILES string of the molecule is CC1(C)c2cn(-c3ccccc3)c(n2)-c2nc(nn2-c2ccccc2)C(C)(C)c2cccc(c2O)-c2cccc1c2O. The molecule has 0 fully saturated rings. The highest BCUT2D eigenvalue weighted by atomic mass is 16.3. The van der Waals surface area contributed by atoms with E-state index in [2.05, 4.69) is 0 Å². The molecule has 0 radical (unpaired) electrons. The van der Waals surface area contributed by atoms with Gasteiger partial charge in [-0.05, 0) is 52.0 Å². The van der Waals surface area contributed by atoms with Crippen molar-refractivity contribution in [1.29, 1.82) is 0 Å². The van der Waals surface area contributed by atoms with Crippen LogP contribution in [0.2, 0.25) is 0 Å². The van der Waals surface area contributed by atoms with Crippen LogP contribution in [-0.4, -0.2) is 34.5 Å². The summed E-state index contributed by atoms with van der Waals surface area (Å²) in [6, 6.07) is 31.2. The smallest absolute Gasteiger partial charge is 0.199 e. The molecule has 0 saturated heterocycles. The van der Waals surface area contributed by atoms with Crippen molar-refractivity contribution < 1.29 is 10.2 Å². The first kappa shape index (κ1) is 25.8. The van der Waals surface area contributed by atoms with E-state index in [0.717, 1.165) is 17.1 Å². The lowest BCUT2D eigenvalue weighted by Crippen LogP contribution is -2.22. The summed E-state index contributed by atoms with van der Waals surface area (Å²) in [4.78, 5) is 10.4. The van der Waals surface area contributed by atoms with E-state index in [1.54, 1.807) is 0 Å². The average Bonchev–Trinajstić information content (AvgIpc) is 3.64. The first-order valence-electron chi connectivity index (χ1n) is 14.0. The minimum atomic E-state index is -0.793. The number of nitrogens with zero attached hydrogens (tertiary/aromatic N) is 5. The molecule has 1 aliphatic rings. The van der Waals surface area contributed by atoms with Crippen LogP contribution >= 0.6 is 0 Å². The van der Waals surface area contributed by atoms with E-state index in [1.165, 1.54) is 0 Å². The molecule has 6 aromatic rings. The zero-order valence-corrected chi connectivity index (χ0v) is 23.9. The predicted octanol–water partition coefficient (Wildman–Crippen LogP) is 7.16. The molecule has 0 aliphatic carbocycles. The zero-order chi connectivity index (χ0) is 29.2. The van der Waals surface area contributed by atoms with Gasteiger partial charge in [-0.1, -0.05) is 72.8 Å². The lowest BCUT2D eigenvalue weighted by Gasteiger charge is -2.27. The van der Waals surface area contributed by atoms with E-state index in [0.29, 0.717) is 39.7 Å². The Hall–Kier alpha value is -5.17. The van der Waals surface area contributed by atoms with Crippen LogP contribution in [0.15, 0.2) is 103 Å². The number of fused-ring (bicyclic) bond motifs is 10. The summed E-state index contributed by atoms with van der Waals surface area (Å²) in [6.45, 7) is 8.10. The van der Waals surface area contributed by atoms with Crippen LogP contribution in [-0.2, 0) is 10.8 Å². The third-order valence-corrected chi connectivity index (χ3v) is 8.46.